The van der Waals surface area contributed by atoms with Crippen molar-refractivity contribution in [1.82, 2.24) is 10.3 Å². The second kappa shape index (κ2) is 8.09. The smallest absolute Gasteiger partial charge is 0.392 e. The quantitative estimate of drug-likeness (QED) is 0.560. The second-order valence-corrected chi connectivity index (χ2v) is 4.14. The normalized spacial score (nSPS) is 12.5. The van der Waals surface area contributed by atoms with Crippen LogP contribution >= 0.6 is 0 Å². The molecule has 1 aromatic heterocycles. The monoisotopic (exact) mass is 264 g/mol. The molecule has 0 aliphatic heterocycles. The lowest BCUT2D eigenvalue weighted by Crippen LogP contribution is -2.24. The van der Waals surface area contributed by atoms with Crippen molar-refractivity contribution in [2.24, 2.45) is 0 Å². The average Bonchev–Trinajstić information content (AvgIpc) is 2.16. The van der Waals surface area contributed by atoms with Crippen LogP contribution in [0.15, 0.2) is 24.4 Å². The predicted molar refractivity (Wildman–Crippen MR) is 61.8 cm³/mol. The van der Waals surface area contributed by atoms with Gasteiger partial charge in [0.05, 0.1) is 11.8 Å². The maximum atomic E-state index is 8.95. The molecule has 0 aliphatic rings. The summed E-state index contributed by atoms with van der Waals surface area (Å²) in [6.07, 6.45) is 1.47. The number of rotatable bonds is 4. The highest BCUT2D eigenvalue weighted by Crippen LogP contribution is 1.91. The van der Waals surface area contributed by atoms with Crippen molar-refractivity contribution in [2.45, 2.75) is 19.6 Å². The van der Waals surface area contributed by atoms with Gasteiger partial charge in [-0.15, -0.1) is 0 Å². The maximum Gasteiger partial charge on any atom is 0.394 e. The Morgan fingerprint density at radius 1 is 1.41 bits per heavy atom. The molecule has 8 heteroatoms. The lowest BCUT2D eigenvalue weighted by Gasteiger charge is -2.05. The van der Waals surface area contributed by atoms with E-state index in [1.807, 2.05) is 18.2 Å². The molecule has 1 aromatic rings. The Labute approximate surface area is 100 Å². The van der Waals surface area contributed by atoms with Gasteiger partial charge in [0.25, 0.3) is 0 Å². The number of pyridine rings is 1. The van der Waals surface area contributed by atoms with Gasteiger partial charge in [-0.3, -0.25) is 14.1 Å². The summed E-state index contributed by atoms with van der Waals surface area (Å²) in [4.78, 5) is 4.13. The van der Waals surface area contributed by atoms with Crippen LogP contribution in [0.25, 0.3) is 0 Å². The maximum absolute atomic E-state index is 8.95. The third-order valence-corrected chi connectivity index (χ3v) is 1.47. The lowest BCUT2D eigenvalue weighted by atomic mass is 10.3. The third-order valence-electron chi connectivity index (χ3n) is 1.47. The summed E-state index contributed by atoms with van der Waals surface area (Å²) in [6, 6.07) is 5.79. The van der Waals surface area contributed by atoms with Crippen LogP contribution in [0.2, 0.25) is 0 Å². The molecule has 0 aliphatic carbocycles. The van der Waals surface area contributed by atoms with Crippen molar-refractivity contribution < 1.29 is 22.6 Å². The molecule has 0 aromatic carbocycles. The van der Waals surface area contributed by atoms with Crippen molar-refractivity contribution >= 4 is 10.4 Å². The predicted octanol–water partition coefficient (Wildman–Crippen LogP) is -0.101. The van der Waals surface area contributed by atoms with E-state index in [2.05, 4.69) is 10.3 Å². The zero-order valence-electron chi connectivity index (χ0n) is 9.31. The van der Waals surface area contributed by atoms with Crippen LogP contribution in [0.1, 0.15) is 12.6 Å². The van der Waals surface area contributed by atoms with Gasteiger partial charge in [-0.2, -0.15) is 8.42 Å². The first kappa shape index (κ1) is 15.9. The van der Waals surface area contributed by atoms with E-state index in [9.17, 15) is 0 Å². The molecule has 7 nitrogen and oxygen atoms in total. The molecule has 0 fully saturated rings. The molecular weight excluding hydrogens is 248 g/mol. The molecule has 0 saturated carbocycles. The Morgan fingerprint density at radius 3 is 2.41 bits per heavy atom. The summed E-state index contributed by atoms with van der Waals surface area (Å²) < 4.78 is 31.6. The highest BCUT2D eigenvalue weighted by Gasteiger charge is 1.95. The molecule has 0 radical (unpaired) electrons. The minimum absolute atomic E-state index is 0.297. The van der Waals surface area contributed by atoms with Crippen LogP contribution in [-0.4, -0.2) is 40.3 Å². The summed E-state index contributed by atoms with van der Waals surface area (Å²) in [5, 5.41) is 12.0. The first-order chi connectivity index (χ1) is 7.79. The highest BCUT2D eigenvalue weighted by molar-refractivity contribution is 7.79. The molecule has 1 heterocycles. The number of hydrogen-bond donors (Lipinski definition) is 4. The van der Waals surface area contributed by atoms with Crippen molar-refractivity contribution in [3.05, 3.63) is 30.1 Å². The van der Waals surface area contributed by atoms with E-state index in [0.717, 1.165) is 5.69 Å². The van der Waals surface area contributed by atoms with Gasteiger partial charge in [0, 0.05) is 19.3 Å². The van der Waals surface area contributed by atoms with Crippen molar-refractivity contribution in [2.75, 3.05) is 6.54 Å². The van der Waals surface area contributed by atoms with Crippen LogP contribution in [0, 0.1) is 0 Å². The van der Waals surface area contributed by atoms with Crippen molar-refractivity contribution in [3.63, 3.8) is 0 Å². The first-order valence-electron chi connectivity index (χ1n) is 4.77. The summed E-state index contributed by atoms with van der Waals surface area (Å²) in [5.74, 6) is 0. The van der Waals surface area contributed by atoms with Gasteiger partial charge in [-0.1, -0.05) is 6.07 Å². The fourth-order valence-corrected chi connectivity index (χ4v) is 0.912. The zero-order valence-corrected chi connectivity index (χ0v) is 10.1. The number of hydrogen-bond acceptors (Lipinski definition) is 5. The van der Waals surface area contributed by atoms with Crippen LogP contribution in [0.5, 0.6) is 0 Å². The Balaban J connectivity index is 0.000000437. The molecule has 1 atom stereocenters. The van der Waals surface area contributed by atoms with Gasteiger partial charge < -0.3 is 10.4 Å². The molecule has 1 unspecified atom stereocenters. The summed E-state index contributed by atoms with van der Waals surface area (Å²) in [5.41, 5.74) is 0.998. The number of nitrogens with zero attached hydrogens (tertiary/aromatic N) is 1. The van der Waals surface area contributed by atoms with E-state index in [0.29, 0.717) is 13.1 Å². The number of nitrogens with one attached hydrogen (secondary N) is 1. The first-order valence-corrected chi connectivity index (χ1v) is 6.17. The van der Waals surface area contributed by atoms with E-state index in [-0.39, 0.29) is 6.10 Å². The Morgan fingerprint density at radius 2 is 2.00 bits per heavy atom. The van der Waals surface area contributed by atoms with Crippen molar-refractivity contribution in [1.29, 1.82) is 0 Å². The standard InChI is InChI=1S/C9H14N2O.H2O4S/c1-8(12)6-10-7-9-4-2-3-5-11-9;1-5(2,3)4/h2-5,8,10,12H,6-7H2,1H3;(H2,1,2,3,4). The number of aromatic nitrogens is 1. The molecule has 1 rings (SSSR count). The van der Waals surface area contributed by atoms with E-state index in [4.69, 9.17) is 22.6 Å². The van der Waals surface area contributed by atoms with Gasteiger partial charge in [0.15, 0.2) is 0 Å². The minimum Gasteiger partial charge on any atom is -0.392 e. The van der Waals surface area contributed by atoms with Gasteiger partial charge in [-0.25, -0.2) is 0 Å². The molecule has 17 heavy (non-hydrogen) atoms. The third kappa shape index (κ3) is 14.9. The van der Waals surface area contributed by atoms with Gasteiger partial charge >= 0.3 is 10.4 Å². The van der Waals surface area contributed by atoms with E-state index in [1.54, 1.807) is 13.1 Å². The molecule has 4 N–H and O–H groups in total. The van der Waals surface area contributed by atoms with Gasteiger partial charge in [-0.05, 0) is 19.1 Å². The van der Waals surface area contributed by atoms with Crippen LogP contribution < -0.4 is 5.32 Å². The summed E-state index contributed by atoms with van der Waals surface area (Å²) in [6.45, 7) is 3.08. The van der Waals surface area contributed by atoms with Crippen LogP contribution in [0.4, 0.5) is 0 Å². The average molecular weight is 264 g/mol. The van der Waals surface area contributed by atoms with Crippen LogP contribution in [-0.2, 0) is 16.9 Å². The zero-order chi connectivity index (χ0) is 13.3. The van der Waals surface area contributed by atoms with E-state index < -0.39 is 10.4 Å². The number of aliphatic hydroxyl groups excluding tert-OH is 1. The molecule has 98 valence electrons. The fourth-order valence-electron chi connectivity index (χ4n) is 0.912. The highest BCUT2D eigenvalue weighted by atomic mass is 32.3. The molecule has 0 amide bonds. The van der Waals surface area contributed by atoms with Gasteiger partial charge in [0.2, 0.25) is 0 Å². The minimum atomic E-state index is -4.67. The Hall–Kier alpha value is -1.06. The summed E-state index contributed by atoms with van der Waals surface area (Å²) in [7, 11) is -4.67. The number of aliphatic hydroxyl groups is 1. The van der Waals surface area contributed by atoms with Crippen molar-refractivity contribution in [3.8, 4) is 0 Å². The van der Waals surface area contributed by atoms with E-state index >= 15 is 0 Å². The van der Waals surface area contributed by atoms with E-state index in [1.165, 1.54) is 0 Å². The fraction of sp³-hybridized carbons (Fsp3) is 0.444. The largest absolute Gasteiger partial charge is 0.394 e. The Kier molecular flexibility index (Phi) is 7.59. The SMILES string of the molecule is CC(O)CNCc1ccccn1.O=S(=O)(O)O. The van der Waals surface area contributed by atoms with Gasteiger partial charge in [0.1, 0.15) is 0 Å². The topological polar surface area (TPSA) is 120 Å². The Bertz CT molecular complexity index is 385. The lowest BCUT2D eigenvalue weighted by molar-refractivity contribution is 0.191. The second-order valence-electron chi connectivity index (χ2n) is 3.25. The van der Waals surface area contributed by atoms with Crippen LogP contribution in [0.3, 0.4) is 0 Å². The summed E-state index contributed by atoms with van der Waals surface area (Å²) >= 11 is 0. The molecule has 0 bridgehead atoms. The molecule has 0 saturated heterocycles. The molecular formula is C9H16N2O5S. The molecule has 0 spiro atoms.